The van der Waals surface area contributed by atoms with Crippen LogP contribution in [0, 0.1) is 0 Å². The van der Waals surface area contributed by atoms with Gasteiger partial charge in [-0.15, -0.1) is 0 Å². The summed E-state index contributed by atoms with van der Waals surface area (Å²) >= 11 is 0. The molecule has 1 aliphatic carbocycles. The second-order valence-corrected chi connectivity index (χ2v) is 11.7. The van der Waals surface area contributed by atoms with Crippen molar-refractivity contribution in [3.63, 3.8) is 0 Å². The molecular formula is C34H41N2+. The number of nitrogens with zero attached hydrogens (tertiary/aromatic N) is 2. The van der Waals surface area contributed by atoms with Gasteiger partial charge in [0.2, 0.25) is 5.69 Å². The Hall–Kier alpha value is -3.13. The van der Waals surface area contributed by atoms with Crippen LogP contribution in [0.2, 0.25) is 0 Å². The summed E-state index contributed by atoms with van der Waals surface area (Å²) in [6.45, 7) is 11.7. The monoisotopic (exact) mass is 477 g/mol. The molecule has 0 spiro atoms. The highest BCUT2D eigenvalue weighted by Crippen LogP contribution is 2.47. The van der Waals surface area contributed by atoms with Crippen LogP contribution in [-0.4, -0.2) is 24.4 Å². The zero-order chi connectivity index (χ0) is 25.7. The molecule has 186 valence electrons. The lowest BCUT2D eigenvalue weighted by atomic mass is 9.81. The predicted octanol–water partition coefficient (Wildman–Crippen LogP) is 8.38. The summed E-state index contributed by atoms with van der Waals surface area (Å²) in [6.07, 6.45) is 14.4. The number of rotatable bonds is 3. The first-order chi connectivity index (χ1) is 17.1. The highest BCUT2D eigenvalue weighted by molar-refractivity contribution is 6.03. The molecule has 2 heteroatoms. The lowest BCUT2D eigenvalue weighted by Crippen LogP contribution is -2.26. The Morgan fingerprint density at radius 2 is 1.47 bits per heavy atom. The minimum atomic E-state index is 0.0117. The number of allylic oxidation sites excluding steroid dienone is 8. The van der Waals surface area contributed by atoms with Crippen LogP contribution in [0.5, 0.6) is 0 Å². The van der Waals surface area contributed by atoms with Crippen molar-refractivity contribution in [2.24, 2.45) is 0 Å². The Morgan fingerprint density at radius 3 is 2.19 bits per heavy atom. The minimum absolute atomic E-state index is 0.0117. The Labute approximate surface area is 218 Å². The normalized spacial score (nSPS) is 23.1. The number of likely N-dealkylation sites (N-methyl/N-ethyl adjacent to an activating group) is 1. The van der Waals surface area contributed by atoms with Crippen molar-refractivity contribution in [3.05, 3.63) is 106 Å². The maximum atomic E-state index is 2.41. The Balaban J connectivity index is 1.48. The molecule has 0 aromatic heterocycles. The Kier molecular flexibility index (Phi) is 6.19. The summed E-state index contributed by atoms with van der Waals surface area (Å²) in [5.41, 5.74) is 12.6. The molecule has 0 unspecified atom stereocenters. The summed E-state index contributed by atoms with van der Waals surface area (Å²) in [4.78, 5) is 2.37. The van der Waals surface area contributed by atoms with E-state index < -0.39 is 0 Å². The number of anilines is 1. The fraction of sp³-hybridized carbons (Fsp3) is 0.382. The highest BCUT2D eigenvalue weighted by Gasteiger charge is 2.42. The van der Waals surface area contributed by atoms with E-state index in [1.807, 2.05) is 0 Å². The number of benzene rings is 2. The van der Waals surface area contributed by atoms with E-state index in [1.54, 1.807) is 0 Å². The second-order valence-electron chi connectivity index (χ2n) is 11.7. The average molecular weight is 478 g/mol. The molecule has 2 aliphatic heterocycles. The largest absolute Gasteiger partial charge is 0.347 e. The van der Waals surface area contributed by atoms with Crippen molar-refractivity contribution >= 4 is 17.1 Å². The molecule has 0 bridgehead atoms. The van der Waals surface area contributed by atoms with Crippen molar-refractivity contribution in [1.29, 1.82) is 0 Å². The third-order valence-electron chi connectivity index (χ3n) is 8.87. The van der Waals surface area contributed by atoms with Crippen LogP contribution < -0.4 is 4.90 Å². The average Bonchev–Trinajstić information content (AvgIpc) is 3.07. The SMILES string of the molecule is CC1=C(C=CC2=[N+](C)c3ccccc3C2(C)C)CCCCC1=CC=C1N(C)c2ccccc2C1(C)C. The van der Waals surface area contributed by atoms with Gasteiger partial charge in [-0.2, -0.15) is 4.58 Å². The van der Waals surface area contributed by atoms with Crippen LogP contribution in [-0.2, 0) is 10.8 Å². The molecule has 2 nitrogen and oxygen atoms in total. The first-order valence-corrected chi connectivity index (χ1v) is 13.5. The van der Waals surface area contributed by atoms with Gasteiger partial charge in [0.15, 0.2) is 5.71 Å². The zero-order valence-corrected chi connectivity index (χ0v) is 23.2. The van der Waals surface area contributed by atoms with E-state index in [9.17, 15) is 0 Å². The summed E-state index contributed by atoms with van der Waals surface area (Å²) in [6, 6.07) is 17.6. The number of fused-ring (bicyclic) bond motifs is 2. The molecule has 0 N–H and O–H groups in total. The number of hydrogen-bond acceptors (Lipinski definition) is 1. The molecular weight excluding hydrogens is 436 g/mol. The maximum Gasteiger partial charge on any atom is 0.209 e. The van der Waals surface area contributed by atoms with Gasteiger partial charge in [0.1, 0.15) is 7.05 Å². The topological polar surface area (TPSA) is 6.25 Å². The maximum absolute atomic E-state index is 2.41. The summed E-state index contributed by atoms with van der Waals surface area (Å²) in [5.74, 6) is 0. The fourth-order valence-corrected chi connectivity index (χ4v) is 6.59. The van der Waals surface area contributed by atoms with Gasteiger partial charge >= 0.3 is 0 Å². The van der Waals surface area contributed by atoms with Crippen LogP contribution in [0.25, 0.3) is 0 Å². The lowest BCUT2D eigenvalue weighted by molar-refractivity contribution is -0.401. The third kappa shape index (κ3) is 3.92. The van der Waals surface area contributed by atoms with Crippen LogP contribution in [0.4, 0.5) is 11.4 Å². The van der Waals surface area contributed by atoms with Crippen molar-refractivity contribution in [3.8, 4) is 0 Å². The first kappa shape index (κ1) is 24.6. The summed E-state index contributed by atoms with van der Waals surface area (Å²) in [7, 11) is 4.41. The lowest BCUT2D eigenvalue weighted by Gasteiger charge is -2.24. The van der Waals surface area contributed by atoms with Gasteiger partial charge in [0, 0.05) is 41.6 Å². The van der Waals surface area contributed by atoms with Crippen molar-refractivity contribution < 1.29 is 4.58 Å². The standard InChI is InChI=1S/C34H41N2/c1-24-25(20-22-31-33(2,3)27-16-10-12-18-29(27)35(31)6)14-8-9-15-26(24)21-23-32-34(4,5)28-17-11-13-19-30(28)36(32)7/h10-13,16-23H,8-9,14-15H2,1-7H3/q+1. The van der Waals surface area contributed by atoms with E-state index in [-0.39, 0.29) is 10.8 Å². The van der Waals surface area contributed by atoms with Crippen LogP contribution >= 0.6 is 0 Å². The molecule has 2 heterocycles. The van der Waals surface area contributed by atoms with Crippen LogP contribution in [0.1, 0.15) is 71.4 Å². The first-order valence-electron chi connectivity index (χ1n) is 13.5. The van der Waals surface area contributed by atoms with Gasteiger partial charge < -0.3 is 4.90 Å². The number of hydrogen-bond donors (Lipinski definition) is 0. The molecule has 2 aromatic rings. The van der Waals surface area contributed by atoms with Crippen molar-refractivity contribution in [1.82, 2.24) is 0 Å². The van der Waals surface area contributed by atoms with E-state index in [4.69, 9.17) is 0 Å². The van der Waals surface area contributed by atoms with Gasteiger partial charge in [0.25, 0.3) is 0 Å². The van der Waals surface area contributed by atoms with Crippen LogP contribution in [0.3, 0.4) is 0 Å². The molecule has 0 fully saturated rings. The van der Waals surface area contributed by atoms with Gasteiger partial charge in [-0.25, -0.2) is 0 Å². The van der Waals surface area contributed by atoms with E-state index in [1.165, 1.54) is 63.5 Å². The Morgan fingerprint density at radius 1 is 0.806 bits per heavy atom. The Bertz CT molecular complexity index is 1360. The van der Waals surface area contributed by atoms with E-state index >= 15 is 0 Å². The van der Waals surface area contributed by atoms with Crippen LogP contribution in [0.15, 0.2) is 95.3 Å². The molecule has 3 aliphatic rings. The molecule has 0 atom stereocenters. The number of para-hydroxylation sites is 2. The fourth-order valence-electron chi connectivity index (χ4n) is 6.59. The van der Waals surface area contributed by atoms with E-state index in [2.05, 4.69) is 131 Å². The molecule has 5 rings (SSSR count). The summed E-state index contributed by atoms with van der Waals surface area (Å²) < 4.78 is 2.37. The summed E-state index contributed by atoms with van der Waals surface area (Å²) in [5, 5.41) is 0. The molecule has 2 aromatic carbocycles. The van der Waals surface area contributed by atoms with Crippen molar-refractivity contribution in [2.75, 3.05) is 19.0 Å². The molecule has 0 saturated heterocycles. The van der Waals surface area contributed by atoms with Gasteiger partial charge in [-0.1, -0.05) is 62.4 Å². The van der Waals surface area contributed by atoms with Gasteiger partial charge in [0.05, 0.1) is 5.41 Å². The quantitative estimate of drug-likeness (QED) is 0.402. The van der Waals surface area contributed by atoms with Crippen molar-refractivity contribution in [2.45, 2.75) is 71.1 Å². The molecule has 0 amide bonds. The zero-order valence-electron chi connectivity index (χ0n) is 23.2. The second kappa shape index (κ2) is 9.07. The third-order valence-corrected chi connectivity index (χ3v) is 8.87. The molecule has 36 heavy (non-hydrogen) atoms. The van der Waals surface area contributed by atoms with Gasteiger partial charge in [-0.05, 0) is 80.9 Å². The molecule has 0 saturated carbocycles. The highest BCUT2D eigenvalue weighted by atomic mass is 15.2. The van der Waals surface area contributed by atoms with E-state index in [0.717, 1.165) is 12.8 Å². The predicted molar refractivity (Wildman–Crippen MR) is 155 cm³/mol. The van der Waals surface area contributed by atoms with Gasteiger partial charge in [-0.3, -0.25) is 0 Å². The minimum Gasteiger partial charge on any atom is -0.347 e. The van der Waals surface area contributed by atoms with E-state index in [0.29, 0.717) is 0 Å². The molecule has 0 radical (unpaired) electrons. The smallest absolute Gasteiger partial charge is 0.209 e.